The second-order valence-electron chi connectivity index (χ2n) is 7.12. The summed E-state index contributed by atoms with van der Waals surface area (Å²) >= 11 is 0. The van der Waals surface area contributed by atoms with Gasteiger partial charge >= 0.3 is 0 Å². The number of likely N-dealkylation sites (N-methyl/N-ethyl adjacent to an activating group) is 1. The molecule has 4 nitrogen and oxygen atoms in total. The van der Waals surface area contributed by atoms with Crippen molar-refractivity contribution < 1.29 is 9.47 Å². The van der Waals surface area contributed by atoms with E-state index in [9.17, 15) is 0 Å². The number of likely N-dealkylation sites (tertiary alicyclic amines) is 1. The second kappa shape index (κ2) is 9.06. The molecule has 4 heteroatoms. The minimum Gasteiger partial charge on any atom is -0.493 e. The van der Waals surface area contributed by atoms with Gasteiger partial charge in [-0.3, -0.25) is 9.80 Å². The molecule has 0 unspecified atom stereocenters. The van der Waals surface area contributed by atoms with Gasteiger partial charge in [-0.1, -0.05) is 36.4 Å². The van der Waals surface area contributed by atoms with Gasteiger partial charge in [-0.05, 0) is 49.7 Å². The number of piperidine rings is 1. The molecule has 0 bridgehead atoms. The lowest BCUT2D eigenvalue weighted by molar-refractivity contribution is 0.107. The standard InChI is InChI=1S/C22H30N2O2/c1-23(15-18-8-5-4-6-9-18)20-10-7-13-24(17-20)16-19-11-12-21(25-2)22(14-19)26-3/h4-6,8-9,11-12,14,20H,7,10,13,15-17H2,1-3H3/t20-/m0/s1. The average molecular weight is 354 g/mol. The Morgan fingerprint density at radius 1 is 1.00 bits per heavy atom. The largest absolute Gasteiger partial charge is 0.493 e. The third kappa shape index (κ3) is 4.77. The van der Waals surface area contributed by atoms with Crippen LogP contribution in [0.3, 0.4) is 0 Å². The molecule has 140 valence electrons. The highest BCUT2D eigenvalue weighted by Gasteiger charge is 2.23. The average Bonchev–Trinajstić information content (AvgIpc) is 2.69. The molecule has 0 N–H and O–H groups in total. The van der Waals surface area contributed by atoms with Crippen molar-refractivity contribution in [2.75, 3.05) is 34.4 Å². The smallest absolute Gasteiger partial charge is 0.161 e. The number of methoxy groups -OCH3 is 2. The zero-order chi connectivity index (χ0) is 18.4. The third-order valence-corrected chi connectivity index (χ3v) is 5.23. The highest BCUT2D eigenvalue weighted by molar-refractivity contribution is 5.42. The van der Waals surface area contributed by atoms with Crippen LogP contribution in [0.2, 0.25) is 0 Å². The number of rotatable bonds is 7. The maximum Gasteiger partial charge on any atom is 0.161 e. The van der Waals surface area contributed by atoms with Gasteiger partial charge in [-0.15, -0.1) is 0 Å². The van der Waals surface area contributed by atoms with Crippen molar-refractivity contribution in [3.8, 4) is 11.5 Å². The summed E-state index contributed by atoms with van der Waals surface area (Å²) in [7, 11) is 5.62. The van der Waals surface area contributed by atoms with E-state index in [4.69, 9.17) is 9.47 Å². The molecule has 0 radical (unpaired) electrons. The molecule has 2 aromatic carbocycles. The quantitative estimate of drug-likeness (QED) is 0.755. The molecule has 1 atom stereocenters. The normalized spacial score (nSPS) is 18.1. The predicted octanol–water partition coefficient (Wildman–Crippen LogP) is 3.80. The van der Waals surface area contributed by atoms with Crippen LogP contribution in [-0.2, 0) is 13.1 Å². The van der Waals surface area contributed by atoms with Gasteiger partial charge in [-0.25, -0.2) is 0 Å². The van der Waals surface area contributed by atoms with Crippen molar-refractivity contribution in [2.45, 2.75) is 32.0 Å². The molecule has 1 heterocycles. The van der Waals surface area contributed by atoms with Gasteiger partial charge < -0.3 is 9.47 Å². The summed E-state index contributed by atoms with van der Waals surface area (Å²) in [6, 6.07) is 17.6. The van der Waals surface area contributed by atoms with Gasteiger partial charge in [0.25, 0.3) is 0 Å². The third-order valence-electron chi connectivity index (χ3n) is 5.23. The van der Waals surface area contributed by atoms with Crippen molar-refractivity contribution in [3.63, 3.8) is 0 Å². The SMILES string of the molecule is COc1ccc(CN2CCC[C@H](N(C)Cc3ccccc3)C2)cc1OC. The number of hydrogen-bond donors (Lipinski definition) is 0. The fourth-order valence-corrected chi connectivity index (χ4v) is 3.77. The Balaban J connectivity index is 1.59. The lowest BCUT2D eigenvalue weighted by atomic mass is 10.0. The van der Waals surface area contributed by atoms with E-state index in [1.54, 1.807) is 14.2 Å². The summed E-state index contributed by atoms with van der Waals surface area (Å²) in [5.74, 6) is 1.59. The van der Waals surface area contributed by atoms with Crippen molar-refractivity contribution in [2.24, 2.45) is 0 Å². The van der Waals surface area contributed by atoms with Gasteiger partial charge in [0.1, 0.15) is 0 Å². The number of benzene rings is 2. The zero-order valence-corrected chi connectivity index (χ0v) is 16.1. The fraction of sp³-hybridized carbons (Fsp3) is 0.455. The Hall–Kier alpha value is -2.04. The molecule has 0 saturated carbocycles. The molecule has 2 aromatic rings. The molecule has 1 aliphatic heterocycles. The van der Waals surface area contributed by atoms with Crippen LogP contribution in [0.25, 0.3) is 0 Å². The molecule has 26 heavy (non-hydrogen) atoms. The van der Waals surface area contributed by atoms with E-state index in [1.807, 2.05) is 6.07 Å². The van der Waals surface area contributed by atoms with Gasteiger partial charge in [0.2, 0.25) is 0 Å². The molecule has 3 rings (SSSR count). The van der Waals surface area contributed by atoms with Gasteiger partial charge in [-0.2, -0.15) is 0 Å². The van der Waals surface area contributed by atoms with Gasteiger partial charge in [0, 0.05) is 25.7 Å². The minimum atomic E-state index is 0.601. The van der Waals surface area contributed by atoms with Crippen LogP contribution in [0, 0.1) is 0 Å². The molecule has 0 amide bonds. The minimum absolute atomic E-state index is 0.601. The van der Waals surface area contributed by atoms with Crippen LogP contribution in [0.4, 0.5) is 0 Å². The maximum absolute atomic E-state index is 5.44. The van der Waals surface area contributed by atoms with Crippen LogP contribution in [0.5, 0.6) is 11.5 Å². The first-order valence-corrected chi connectivity index (χ1v) is 9.37. The zero-order valence-electron chi connectivity index (χ0n) is 16.1. The summed E-state index contributed by atoms with van der Waals surface area (Å²) in [5, 5.41) is 0. The first kappa shape index (κ1) is 18.7. The van der Waals surface area contributed by atoms with Crippen LogP contribution in [0.15, 0.2) is 48.5 Å². The molecule has 0 spiro atoms. The molecule has 0 aliphatic carbocycles. The highest BCUT2D eigenvalue weighted by atomic mass is 16.5. The Bertz CT molecular complexity index is 690. The first-order chi connectivity index (χ1) is 12.7. The van der Waals surface area contributed by atoms with Crippen LogP contribution in [-0.4, -0.2) is 50.2 Å². The van der Waals surface area contributed by atoms with Crippen LogP contribution >= 0.6 is 0 Å². The molecular formula is C22H30N2O2. The van der Waals surface area contributed by atoms with Crippen molar-refractivity contribution in [1.82, 2.24) is 9.80 Å². The van der Waals surface area contributed by atoms with Gasteiger partial charge in [0.05, 0.1) is 14.2 Å². The Kier molecular flexibility index (Phi) is 6.53. The number of hydrogen-bond acceptors (Lipinski definition) is 4. The van der Waals surface area contributed by atoms with Crippen molar-refractivity contribution in [1.29, 1.82) is 0 Å². The summed E-state index contributed by atoms with van der Waals surface area (Å²) in [4.78, 5) is 5.05. The Morgan fingerprint density at radius 2 is 1.77 bits per heavy atom. The van der Waals surface area contributed by atoms with Crippen LogP contribution < -0.4 is 9.47 Å². The van der Waals surface area contributed by atoms with Crippen LogP contribution in [0.1, 0.15) is 24.0 Å². The molecule has 1 saturated heterocycles. The second-order valence-corrected chi connectivity index (χ2v) is 7.12. The summed E-state index contributed by atoms with van der Waals surface area (Å²) in [6.07, 6.45) is 2.52. The molecule has 0 aromatic heterocycles. The summed E-state index contributed by atoms with van der Waals surface area (Å²) < 4.78 is 10.8. The summed E-state index contributed by atoms with van der Waals surface area (Å²) in [6.45, 7) is 4.23. The first-order valence-electron chi connectivity index (χ1n) is 9.37. The lowest BCUT2D eigenvalue weighted by Crippen LogP contribution is -2.45. The van der Waals surface area contributed by atoms with E-state index in [0.29, 0.717) is 6.04 Å². The van der Waals surface area contributed by atoms with E-state index in [1.165, 1.54) is 24.0 Å². The van der Waals surface area contributed by atoms with Crippen molar-refractivity contribution in [3.05, 3.63) is 59.7 Å². The Morgan fingerprint density at radius 3 is 2.50 bits per heavy atom. The molecule has 1 fully saturated rings. The molecule has 1 aliphatic rings. The monoisotopic (exact) mass is 354 g/mol. The van der Waals surface area contributed by atoms with Crippen molar-refractivity contribution >= 4 is 0 Å². The Labute approximate surface area is 157 Å². The number of ether oxygens (including phenoxy) is 2. The highest BCUT2D eigenvalue weighted by Crippen LogP contribution is 2.28. The van der Waals surface area contributed by atoms with E-state index < -0.39 is 0 Å². The van der Waals surface area contributed by atoms with E-state index >= 15 is 0 Å². The number of nitrogens with zero attached hydrogens (tertiary/aromatic N) is 2. The predicted molar refractivity (Wildman–Crippen MR) is 106 cm³/mol. The lowest BCUT2D eigenvalue weighted by Gasteiger charge is -2.37. The summed E-state index contributed by atoms with van der Waals surface area (Å²) in [5.41, 5.74) is 2.65. The van der Waals surface area contributed by atoms with E-state index in [-0.39, 0.29) is 0 Å². The fourth-order valence-electron chi connectivity index (χ4n) is 3.77. The maximum atomic E-state index is 5.44. The molecular weight excluding hydrogens is 324 g/mol. The van der Waals surface area contributed by atoms with Gasteiger partial charge in [0.15, 0.2) is 11.5 Å². The van der Waals surface area contributed by atoms with E-state index in [0.717, 1.165) is 37.7 Å². The van der Waals surface area contributed by atoms with E-state index in [2.05, 4.69) is 59.3 Å². The topological polar surface area (TPSA) is 24.9 Å².